The third-order valence-corrected chi connectivity index (χ3v) is 3.85. The van der Waals surface area contributed by atoms with Gasteiger partial charge in [-0.2, -0.15) is 0 Å². The van der Waals surface area contributed by atoms with Crippen LogP contribution >= 0.6 is 15.9 Å². The first-order chi connectivity index (χ1) is 12.1. The number of methoxy groups -OCH3 is 3. The molecule has 0 saturated carbocycles. The first-order valence-electron chi connectivity index (χ1n) is 7.44. The van der Waals surface area contributed by atoms with Crippen LogP contribution in [0, 0.1) is 0 Å². The maximum absolute atomic E-state index is 12.3. The molecule has 0 aliphatic heterocycles. The van der Waals surface area contributed by atoms with Gasteiger partial charge in [0.05, 0.1) is 21.3 Å². The Morgan fingerprint density at radius 2 is 1.48 bits per heavy atom. The van der Waals surface area contributed by atoms with E-state index in [1.807, 2.05) is 24.3 Å². The number of hydrogen-bond donors (Lipinski definition) is 0. The Morgan fingerprint density at radius 3 is 2.08 bits per heavy atom. The molecule has 0 heterocycles. The van der Waals surface area contributed by atoms with E-state index in [0.29, 0.717) is 23.0 Å². The minimum absolute atomic E-state index is 0.104. The lowest BCUT2D eigenvalue weighted by Crippen LogP contribution is -2.13. The fourth-order valence-electron chi connectivity index (χ4n) is 2.09. The Morgan fingerprint density at radius 1 is 0.880 bits per heavy atom. The summed E-state index contributed by atoms with van der Waals surface area (Å²) in [5.74, 6) is 1.40. The van der Waals surface area contributed by atoms with Crippen LogP contribution in [0.1, 0.15) is 10.4 Å². The summed E-state index contributed by atoms with van der Waals surface area (Å²) in [6, 6.07) is 10.5. The average Bonchev–Trinajstić information content (AvgIpc) is 2.65. The number of halogens is 1. The van der Waals surface area contributed by atoms with E-state index in [1.165, 1.54) is 27.4 Å². The van der Waals surface area contributed by atoms with E-state index in [4.69, 9.17) is 23.7 Å². The van der Waals surface area contributed by atoms with Gasteiger partial charge in [0.15, 0.2) is 11.5 Å². The standard InChI is InChI=1S/C18H19BrO6/c1-21-15-11-17(23-3)16(22-2)10-14(15)18(20)25-9-8-24-13-6-4-12(19)5-7-13/h4-7,10-11H,8-9H2,1-3H3. The summed E-state index contributed by atoms with van der Waals surface area (Å²) in [6.07, 6.45) is 0. The van der Waals surface area contributed by atoms with Crippen molar-refractivity contribution in [2.45, 2.75) is 0 Å². The number of ether oxygens (including phenoxy) is 5. The number of carbonyl (C=O) groups excluding carboxylic acids is 1. The molecule has 0 amide bonds. The van der Waals surface area contributed by atoms with Crippen LogP contribution in [0.5, 0.6) is 23.0 Å². The lowest BCUT2D eigenvalue weighted by Gasteiger charge is -2.13. The first kappa shape index (κ1) is 18.9. The summed E-state index contributed by atoms with van der Waals surface area (Å²) >= 11 is 3.35. The number of carbonyl (C=O) groups is 1. The zero-order valence-electron chi connectivity index (χ0n) is 14.2. The zero-order valence-corrected chi connectivity index (χ0v) is 15.8. The lowest BCUT2D eigenvalue weighted by molar-refractivity contribution is 0.0446. The fraction of sp³-hybridized carbons (Fsp3) is 0.278. The van der Waals surface area contributed by atoms with Gasteiger partial charge in [0.1, 0.15) is 30.3 Å². The lowest BCUT2D eigenvalue weighted by atomic mass is 10.1. The summed E-state index contributed by atoms with van der Waals surface area (Å²) in [6.45, 7) is 0.343. The molecule has 0 N–H and O–H groups in total. The van der Waals surface area contributed by atoms with E-state index < -0.39 is 5.97 Å². The Balaban J connectivity index is 1.96. The van der Waals surface area contributed by atoms with Gasteiger partial charge < -0.3 is 23.7 Å². The SMILES string of the molecule is COc1cc(OC)c(C(=O)OCCOc2ccc(Br)cc2)cc1OC. The van der Waals surface area contributed by atoms with Crippen LogP contribution in [-0.4, -0.2) is 40.5 Å². The summed E-state index contributed by atoms with van der Waals surface area (Å²) in [5, 5.41) is 0. The largest absolute Gasteiger partial charge is 0.496 e. The van der Waals surface area contributed by atoms with Gasteiger partial charge in [0, 0.05) is 16.6 Å². The molecule has 0 aliphatic carbocycles. The minimum atomic E-state index is -0.530. The second kappa shape index (κ2) is 9.17. The van der Waals surface area contributed by atoms with Crippen LogP contribution in [0.4, 0.5) is 0 Å². The van der Waals surface area contributed by atoms with Crippen molar-refractivity contribution in [2.24, 2.45) is 0 Å². The van der Waals surface area contributed by atoms with Crippen molar-refractivity contribution < 1.29 is 28.5 Å². The van der Waals surface area contributed by atoms with Gasteiger partial charge >= 0.3 is 5.97 Å². The van der Waals surface area contributed by atoms with Crippen molar-refractivity contribution >= 4 is 21.9 Å². The van der Waals surface area contributed by atoms with Crippen LogP contribution < -0.4 is 18.9 Å². The van der Waals surface area contributed by atoms with Crippen molar-refractivity contribution in [3.63, 3.8) is 0 Å². The Bertz CT molecular complexity index is 714. The maximum Gasteiger partial charge on any atom is 0.342 e. The summed E-state index contributed by atoms with van der Waals surface area (Å²) in [7, 11) is 4.47. The third-order valence-electron chi connectivity index (χ3n) is 3.32. The molecule has 0 fully saturated rings. The molecule has 134 valence electrons. The molecule has 0 bridgehead atoms. The highest BCUT2D eigenvalue weighted by atomic mass is 79.9. The van der Waals surface area contributed by atoms with Crippen LogP contribution in [0.15, 0.2) is 40.9 Å². The first-order valence-corrected chi connectivity index (χ1v) is 8.23. The van der Waals surface area contributed by atoms with Crippen LogP contribution in [0.2, 0.25) is 0 Å². The second-order valence-corrected chi connectivity index (χ2v) is 5.76. The smallest absolute Gasteiger partial charge is 0.342 e. The quantitative estimate of drug-likeness (QED) is 0.488. The molecule has 0 unspecified atom stereocenters. The van der Waals surface area contributed by atoms with Gasteiger partial charge in [-0.25, -0.2) is 4.79 Å². The Hall–Kier alpha value is -2.41. The molecule has 2 aromatic carbocycles. The monoisotopic (exact) mass is 410 g/mol. The Kier molecular flexibility index (Phi) is 6.94. The molecule has 0 aliphatic rings. The van der Waals surface area contributed by atoms with Gasteiger partial charge in [-0.1, -0.05) is 15.9 Å². The molecule has 25 heavy (non-hydrogen) atoms. The molecule has 0 spiro atoms. The van der Waals surface area contributed by atoms with Gasteiger partial charge in [-0.05, 0) is 24.3 Å². The predicted octanol–water partition coefficient (Wildman–Crippen LogP) is 3.71. The molecular formula is C18H19BrO6. The van der Waals surface area contributed by atoms with Crippen molar-refractivity contribution in [3.8, 4) is 23.0 Å². The highest BCUT2D eigenvalue weighted by Crippen LogP contribution is 2.34. The molecule has 0 atom stereocenters. The molecular weight excluding hydrogens is 392 g/mol. The zero-order chi connectivity index (χ0) is 18.2. The van der Waals surface area contributed by atoms with Gasteiger partial charge in [-0.3, -0.25) is 0 Å². The molecule has 6 nitrogen and oxygen atoms in total. The molecule has 0 aromatic heterocycles. The number of esters is 1. The number of benzene rings is 2. The van der Waals surface area contributed by atoms with Crippen molar-refractivity contribution in [1.29, 1.82) is 0 Å². The number of rotatable bonds is 8. The predicted molar refractivity (Wildman–Crippen MR) is 96.0 cm³/mol. The third kappa shape index (κ3) is 5.03. The van der Waals surface area contributed by atoms with E-state index >= 15 is 0 Å². The molecule has 7 heteroatoms. The molecule has 0 saturated heterocycles. The average molecular weight is 411 g/mol. The summed E-state index contributed by atoms with van der Waals surface area (Å²) in [5.41, 5.74) is 0.254. The highest BCUT2D eigenvalue weighted by molar-refractivity contribution is 9.10. The van der Waals surface area contributed by atoms with Crippen molar-refractivity contribution in [2.75, 3.05) is 34.5 Å². The van der Waals surface area contributed by atoms with Gasteiger partial charge in [-0.15, -0.1) is 0 Å². The van der Waals surface area contributed by atoms with Gasteiger partial charge in [0.2, 0.25) is 0 Å². The summed E-state index contributed by atoms with van der Waals surface area (Å²) in [4.78, 5) is 12.3. The van der Waals surface area contributed by atoms with E-state index in [2.05, 4.69) is 15.9 Å². The number of hydrogen-bond acceptors (Lipinski definition) is 6. The van der Waals surface area contributed by atoms with E-state index in [0.717, 1.165) is 4.47 Å². The molecule has 2 aromatic rings. The minimum Gasteiger partial charge on any atom is -0.496 e. The van der Waals surface area contributed by atoms with E-state index in [9.17, 15) is 4.79 Å². The fourth-order valence-corrected chi connectivity index (χ4v) is 2.36. The summed E-state index contributed by atoms with van der Waals surface area (Å²) < 4.78 is 27.3. The highest BCUT2D eigenvalue weighted by Gasteiger charge is 2.18. The maximum atomic E-state index is 12.3. The van der Waals surface area contributed by atoms with E-state index in [-0.39, 0.29) is 18.8 Å². The molecule has 0 radical (unpaired) electrons. The topological polar surface area (TPSA) is 63.2 Å². The van der Waals surface area contributed by atoms with Crippen molar-refractivity contribution in [3.05, 3.63) is 46.4 Å². The van der Waals surface area contributed by atoms with Crippen LogP contribution in [0.25, 0.3) is 0 Å². The Labute approximate surface area is 154 Å². The molecule has 2 rings (SSSR count). The van der Waals surface area contributed by atoms with Crippen LogP contribution in [0.3, 0.4) is 0 Å². The second-order valence-electron chi connectivity index (χ2n) is 4.85. The normalized spacial score (nSPS) is 10.1. The van der Waals surface area contributed by atoms with Gasteiger partial charge in [0.25, 0.3) is 0 Å². The van der Waals surface area contributed by atoms with Crippen LogP contribution in [-0.2, 0) is 4.74 Å². The van der Waals surface area contributed by atoms with E-state index in [1.54, 1.807) is 6.07 Å². The van der Waals surface area contributed by atoms with Crippen molar-refractivity contribution in [1.82, 2.24) is 0 Å².